The van der Waals surface area contributed by atoms with Crippen LogP contribution in [0, 0.1) is 0 Å². The summed E-state index contributed by atoms with van der Waals surface area (Å²) in [7, 11) is 0. The lowest BCUT2D eigenvalue weighted by Gasteiger charge is -2.16. The van der Waals surface area contributed by atoms with Gasteiger partial charge in [-0.05, 0) is 6.92 Å². The molecule has 0 aliphatic rings. The van der Waals surface area contributed by atoms with Gasteiger partial charge in [0, 0.05) is 6.42 Å². The van der Waals surface area contributed by atoms with E-state index in [1.165, 1.54) is 6.92 Å². The Bertz CT molecular complexity index is 83.8. The van der Waals surface area contributed by atoms with Gasteiger partial charge in [-0.25, -0.2) is 0 Å². The van der Waals surface area contributed by atoms with E-state index < -0.39 is 24.9 Å². The summed E-state index contributed by atoms with van der Waals surface area (Å²) in [4.78, 5) is 0. The minimum atomic E-state index is -1.14. The predicted octanol–water partition coefficient (Wildman–Crippen LogP) is -1.53. The molecule has 0 aromatic heterocycles. The summed E-state index contributed by atoms with van der Waals surface area (Å²) >= 11 is 0. The van der Waals surface area contributed by atoms with Gasteiger partial charge in [-0.15, -0.1) is 0 Å². The zero-order valence-corrected chi connectivity index (χ0v) is 5.94. The second kappa shape index (κ2) is 4.62. The molecule has 62 valence electrons. The molecule has 0 heterocycles. The number of aliphatic hydroxyl groups excluding tert-OH is 4. The third-order valence-electron chi connectivity index (χ3n) is 1.21. The molecule has 0 spiro atoms. The number of rotatable bonds is 4. The van der Waals surface area contributed by atoms with Gasteiger partial charge in [-0.1, -0.05) is 0 Å². The molecule has 4 N–H and O–H groups in total. The first-order valence-corrected chi connectivity index (χ1v) is 3.23. The second-order valence-electron chi connectivity index (χ2n) is 2.40. The van der Waals surface area contributed by atoms with Crippen molar-refractivity contribution in [2.45, 2.75) is 31.7 Å². The number of hydrogen-bond acceptors (Lipinski definition) is 4. The standard InChI is InChI=1S/C6H14O4/c1-4(8)2-5(9)6(10)3-7/h4-10H,2-3H2,1H3. The van der Waals surface area contributed by atoms with Gasteiger partial charge in [0.25, 0.3) is 0 Å². The van der Waals surface area contributed by atoms with Crippen LogP contribution in [0.15, 0.2) is 0 Å². The molecular formula is C6H14O4. The summed E-state index contributed by atoms with van der Waals surface area (Å²) in [6.45, 7) is 1.03. The van der Waals surface area contributed by atoms with Crippen LogP contribution in [0.3, 0.4) is 0 Å². The largest absolute Gasteiger partial charge is 0.394 e. The van der Waals surface area contributed by atoms with E-state index in [2.05, 4.69) is 0 Å². The molecule has 3 atom stereocenters. The van der Waals surface area contributed by atoms with E-state index in [-0.39, 0.29) is 6.42 Å². The van der Waals surface area contributed by atoms with E-state index in [1.807, 2.05) is 0 Å². The van der Waals surface area contributed by atoms with Crippen LogP contribution >= 0.6 is 0 Å². The van der Waals surface area contributed by atoms with Crippen molar-refractivity contribution in [3.05, 3.63) is 0 Å². The van der Waals surface area contributed by atoms with Crippen LogP contribution in [0.4, 0.5) is 0 Å². The van der Waals surface area contributed by atoms with E-state index in [9.17, 15) is 0 Å². The molecule has 0 amide bonds. The Kier molecular flexibility index (Phi) is 4.55. The van der Waals surface area contributed by atoms with Gasteiger partial charge >= 0.3 is 0 Å². The summed E-state index contributed by atoms with van der Waals surface area (Å²) in [5, 5.41) is 34.7. The first kappa shape index (κ1) is 9.84. The molecule has 0 rings (SSSR count). The van der Waals surface area contributed by atoms with Gasteiger partial charge in [-0.2, -0.15) is 0 Å². The Morgan fingerprint density at radius 3 is 1.90 bits per heavy atom. The van der Waals surface area contributed by atoms with E-state index >= 15 is 0 Å². The van der Waals surface area contributed by atoms with E-state index in [4.69, 9.17) is 20.4 Å². The average Bonchev–Trinajstić information content (AvgIpc) is 1.85. The van der Waals surface area contributed by atoms with Crippen LogP contribution in [-0.2, 0) is 0 Å². The lowest BCUT2D eigenvalue weighted by molar-refractivity contribution is -0.0338. The number of aliphatic hydroxyl groups is 4. The fraction of sp³-hybridized carbons (Fsp3) is 1.00. The van der Waals surface area contributed by atoms with Crippen molar-refractivity contribution in [2.75, 3.05) is 6.61 Å². The van der Waals surface area contributed by atoms with Crippen molar-refractivity contribution in [3.8, 4) is 0 Å². The Hall–Kier alpha value is -0.160. The fourth-order valence-electron chi connectivity index (χ4n) is 0.628. The monoisotopic (exact) mass is 150 g/mol. The lowest BCUT2D eigenvalue weighted by atomic mass is 10.1. The van der Waals surface area contributed by atoms with Gasteiger partial charge in [0.2, 0.25) is 0 Å². The average molecular weight is 150 g/mol. The summed E-state index contributed by atoms with van der Waals surface area (Å²) in [5.41, 5.74) is 0. The third-order valence-corrected chi connectivity index (χ3v) is 1.21. The minimum Gasteiger partial charge on any atom is -0.394 e. The Labute approximate surface area is 59.7 Å². The molecule has 0 bridgehead atoms. The summed E-state index contributed by atoms with van der Waals surface area (Å²) < 4.78 is 0. The zero-order chi connectivity index (χ0) is 8.15. The molecular weight excluding hydrogens is 136 g/mol. The summed E-state index contributed by atoms with van der Waals surface area (Å²) in [6, 6.07) is 0. The molecule has 0 saturated heterocycles. The van der Waals surface area contributed by atoms with Crippen LogP contribution in [0.5, 0.6) is 0 Å². The zero-order valence-electron chi connectivity index (χ0n) is 5.94. The molecule has 0 radical (unpaired) electrons. The molecule has 0 aromatic rings. The number of hydrogen-bond donors (Lipinski definition) is 4. The van der Waals surface area contributed by atoms with Crippen LogP contribution in [0.1, 0.15) is 13.3 Å². The highest BCUT2D eigenvalue weighted by atomic mass is 16.4. The van der Waals surface area contributed by atoms with Crippen molar-refractivity contribution in [1.29, 1.82) is 0 Å². The van der Waals surface area contributed by atoms with Crippen LogP contribution in [0.2, 0.25) is 0 Å². The van der Waals surface area contributed by atoms with E-state index in [1.54, 1.807) is 0 Å². The molecule has 4 heteroatoms. The molecule has 0 fully saturated rings. The summed E-state index contributed by atoms with van der Waals surface area (Å²) in [6.07, 6.45) is -2.75. The van der Waals surface area contributed by atoms with Crippen LogP contribution in [0.25, 0.3) is 0 Å². The highest BCUT2D eigenvalue weighted by molar-refractivity contribution is 4.67. The van der Waals surface area contributed by atoms with Crippen molar-refractivity contribution in [2.24, 2.45) is 0 Å². The molecule has 0 saturated carbocycles. The van der Waals surface area contributed by atoms with Gasteiger partial charge in [0.15, 0.2) is 0 Å². The molecule has 10 heavy (non-hydrogen) atoms. The third kappa shape index (κ3) is 3.79. The molecule has 0 aromatic carbocycles. The SMILES string of the molecule is CC(O)CC(O)C(O)CO. The highest BCUT2D eigenvalue weighted by Crippen LogP contribution is 2.01. The normalized spacial score (nSPS) is 20.1. The lowest BCUT2D eigenvalue weighted by Crippen LogP contribution is -2.31. The van der Waals surface area contributed by atoms with Crippen molar-refractivity contribution in [3.63, 3.8) is 0 Å². The van der Waals surface area contributed by atoms with Gasteiger partial charge in [0.05, 0.1) is 18.8 Å². The highest BCUT2D eigenvalue weighted by Gasteiger charge is 2.16. The maximum Gasteiger partial charge on any atom is 0.103 e. The van der Waals surface area contributed by atoms with Crippen LogP contribution < -0.4 is 0 Å². The quantitative estimate of drug-likeness (QED) is 0.392. The van der Waals surface area contributed by atoms with Gasteiger partial charge in [0.1, 0.15) is 6.10 Å². The Balaban J connectivity index is 3.50. The maximum atomic E-state index is 8.92. The van der Waals surface area contributed by atoms with E-state index in [0.717, 1.165) is 0 Å². The van der Waals surface area contributed by atoms with Crippen LogP contribution in [-0.4, -0.2) is 45.3 Å². The molecule has 4 nitrogen and oxygen atoms in total. The topological polar surface area (TPSA) is 80.9 Å². The smallest absolute Gasteiger partial charge is 0.103 e. The van der Waals surface area contributed by atoms with E-state index in [0.29, 0.717) is 0 Å². The predicted molar refractivity (Wildman–Crippen MR) is 35.4 cm³/mol. The minimum absolute atomic E-state index is 0.0850. The van der Waals surface area contributed by atoms with Crippen molar-refractivity contribution in [1.82, 2.24) is 0 Å². The van der Waals surface area contributed by atoms with Gasteiger partial charge in [-0.3, -0.25) is 0 Å². The first-order chi connectivity index (χ1) is 4.57. The fourth-order valence-corrected chi connectivity index (χ4v) is 0.628. The molecule has 0 aliphatic carbocycles. The molecule has 0 aliphatic heterocycles. The van der Waals surface area contributed by atoms with Crippen molar-refractivity contribution < 1.29 is 20.4 Å². The van der Waals surface area contributed by atoms with Gasteiger partial charge < -0.3 is 20.4 Å². The summed E-state index contributed by atoms with van der Waals surface area (Å²) in [5.74, 6) is 0. The molecule has 3 unspecified atom stereocenters. The Morgan fingerprint density at radius 2 is 1.60 bits per heavy atom. The maximum absolute atomic E-state index is 8.92. The first-order valence-electron chi connectivity index (χ1n) is 3.23. The Morgan fingerprint density at radius 1 is 1.10 bits per heavy atom. The van der Waals surface area contributed by atoms with Crippen molar-refractivity contribution >= 4 is 0 Å². The second-order valence-corrected chi connectivity index (χ2v) is 2.40.